The summed E-state index contributed by atoms with van der Waals surface area (Å²) in [6, 6.07) is 16.3. The topological polar surface area (TPSA) is 59.1 Å². The van der Waals surface area contributed by atoms with E-state index in [9.17, 15) is 9.00 Å². The van der Waals surface area contributed by atoms with Gasteiger partial charge in [0.25, 0.3) is 0 Å². The van der Waals surface area contributed by atoms with Crippen LogP contribution in [0.3, 0.4) is 0 Å². The zero-order valence-electron chi connectivity index (χ0n) is 15.0. The number of ketones is 1. The molecule has 6 heteroatoms. The van der Waals surface area contributed by atoms with Crippen molar-refractivity contribution in [2.45, 2.75) is 24.7 Å². The fourth-order valence-electron chi connectivity index (χ4n) is 2.59. The van der Waals surface area contributed by atoms with Gasteiger partial charge < -0.3 is 4.72 Å². The van der Waals surface area contributed by atoms with Crippen LogP contribution in [-0.2, 0) is 11.0 Å². The van der Waals surface area contributed by atoms with Gasteiger partial charge in [0.05, 0.1) is 10.6 Å². The number of carbonyl (C=O) groups excluding carboxylic acids is 1. The Hall–Kier alpha value is -2.31. The van der Waals surface area contributed by atoms with E-state index in [2.05, 4.69) is 39.5 Å². The Morgan fingerprint density at radius 3 is 2.33 bits per heavy atom. The summed E-state index contributed by atoms with van der Waals surface area (Å²) in [6.45, 7) is 4.23. The number of nitrogens with zero attached hydrogens (tertiary/aromatic N) is 1. The van der Waals surface area contributed by atoms with Crippen molar-refractivity contribution in [3.63, 3.8) is 0 Å². The minimum atomic E-state index is -1.48. The van der Waals surface area contributed by atoms with Gasteiger partial charge in [-0.2, -0.15) is 0 Å². The van der Waals surface area contributed by atoms with Crippen LogP contribution in [0.5, 0.6) is 0 Å². The lowest BCUT2D eigenvalue weighted by atomic mass is 10.0. The van der Waals surface area contributed by atoms with E-state index in [1.165, 1.54) is 5.56 Å². The van der Waals surface area contributed by atoms with Crippen LogP contribution in [0.25, 0.3) is 0 Å². The molecule has 2 aromatic carbocycles. The van der Waals surface area contributed by atoms with Crippen LogP contribution in [0.15, 0.2) is 76.4 Å². The number of nitrogens with one attached hydrogen (secondary N) is 1. The number of rotatable bonds is 6. The van der Waals surface area contributed by atoms with Crippen LogP contribution in [0.4, 0.5) is 5.69 Å². The molecule has 0 aliphatic carbocycles. The first kappa shape index (κ1) is 19.5. The largest absolute Gasteiger partial charge is 0.300 e. The number of anilines is 1. The summed E-state index contributed by atoms with van der Waals surface area (Å²) < 4.78 is 16.5. The lowest BCUT2D eigenvalue weighted by Gasteiger charge is -2.12. The van der Waals surface area contributed by atoms with Gasteiger partial charge in [0.2, 0.25) is 0 Å². The highest BCUT2D eigenvalue weighted by Crippen LogP contribution is 2.25. The fourth-order valence-corrected chi connectivity index (χ4v) is 3.83. The van der Waals surface area contributed by atoms with Gasteiger partial charge in [-0.1, -0.05) is 41.9 Å². The summed E-state index contributed by atoms with van der Waals surface area (Å²) >= 11 is 3.40. The SMILES string of the molecule is CC(C)c1ccc(S(=O)Nc2ccc(Br)cc2C(=O)c2ccncc2)cc1. The zero-order valence-corrected chi connectivity index (χ0v) is 17.4. The van der Waals surface area contributed by atoms with Crippen LogP contribution < -0.4 is 4.72 Å². The zero-order chi connectivity index (χ0) is 19.4. The molecular weight excluding hydrogens is 424 g/mol. The summed E-state index contributed by atoms with van der Waals surface area (Å²) in [7, 11) is -1.48. The Bertz CT molecular complexity index is 973. The van der Waals surface area contributed by atoms with E-state index in [1.807, 2.05) is 30.3 Å². The van der Waals surface area contributed by atoms with Crippen molar-refractivity contribution in [1.82, 2.24) is 4.98 Å². The molecule has 0 bridgehead atoms. The highest BCUT2D eigenvalue weighted by molar-refractivity contribution is 9.10. The average Bonchev–Trinajstić information content (AvgIpc) is 2.69. The molecule has 3 rings (SSSR count). The molecule has 1 unspecified atom stereocenters. The molecule has 4 nitrogen and oxygen atoms in total. The lowest BCUT2D eigenvalue weighted by Crippen LogP contribution is -2.11. The molecular formula is C21H19BrN2O2S. The van der Waals surface area contributed by atoms with Crippen molar-refractivity contribution in [3.05, 3.63) is 88.2 Å². The second kappa shape index (κ2) is 8.59. The molecule has 0 radical (unpaired) electrons. The highest BCUT2D eigenvalue weighted by atomic mass is 79.9. The van der Waals surface area contributed by atoms with Gasteiger partial charge in [-0.25, -0.2) is 4.21 Å². The summed E-state index contributed by atoms with van der Waals surface area (Å²) in [5, 5.41) is 0. The molecule has 1 aromatic heterocycles. The number of hydrogen-bond acceptors (Lipinski definition) is 3. The van der Waals surface area contributed by atoms with Gasteiger partial charge in [0.15, 0.2) is 5.78 Å². The first-order chi connectivity index (χ1) is 13.0. The van der Waals surface area contributed by atoms with Crippen molar-refractivity contribution in [2.75, 3.05) is 4.72 Å². The fraction of sp³-hybridized carbons (Fsp3) is 0.143. The Kier molecular flexibility index (Phi) is 6.19. The molecule has 1 heterocycles. The standard InChI is InChI=1S/C21H19BrN2O2S/c1-14(2)15-3-6-18(7-4-15)27(26)24-20-8-5-17(22)13-19(20)21(25)16-9-11-23-12-10-16/h3-14,24H,1-2H3. The summed E-state index contributed by atoms with van der Waals surface area (Å²) in [5.74, 6) is 0.255. The van der Waals surface area contributed by atoms with Gasteiger partial charge in [-0.3, -0.25) is 9.78 Å². The molecule has 0 fully saturated rings. The predicted octanol–water partition coefficient (Wildman–Crippen LogP) is 5.33. The predicted molar refractivity (Wildman–Crippen MR) is 112 cm³/mol. The Morgan fingerprint density at radius 1 is 1.04 bits per heavy atom. The van der Waals surface area contributed by atoms with Crippen LogP contribution >= 0.6 is 15.9 Å². The van der Waals surface area contributed by atoms with Gasteiger partial charge >= 0.3 is 0 Å². The van der Waals surface area contributed by atoms with Gasteiger partial charge in [-0.05, 0) is 53.9 Å². The third-order valence-corrected chi connectivity index (χ3v) is 5.73. The van der Waals surface area contributed by atoms with E-state index in [-0.39, 0.29) is 5.78 Å². The van der Waals surface area contributed by atoms with Crippen LogP contribution in [0.2, 0.25) is 0 Å². The Labute approximate surface area is 169 Å². The third-order valence-electron chi connectivity index (χ3n) is 4.13. The second-order valence-corrected chi connectivity index (χ2v) is 8.48. The van der Waals surface area contributed by atoms with Crippen LogP contribution in [0.1, 0.15) is 41.3 Å². The van der Waals surface area contributed by atoms with Crippen molar-refractivity contribution >= 4 is 38.4 Å². The molecule has 3 aromatic rings. The molecule has 138 valence electrons. The van der Waals surface area contributed by atoms with Crippen molar-refractivity contribution in [1.29, 1.82) is 0 Å². The van der Waals surface area contributed by atoms with E-state index >= 15 is 0 Å². The first-order valence-electron chi connectivity index (χ1n) is 8.48. The number of benzene rings is 2. The van der Waals surface area contributed by atoms with Gasteiger partial charge in [0.1, 0.15) is 11.0 Å². The van der Waals surface area contributed by atoms with Crippen molar-refractivity contribution in [2.24, 2.45) is 0 Å². The smallest absolute Gasteiger partial charge is 0.195 e. The monoisotopic (exact) mass is 442 g/mol. The van der Waals surface area contributed by atoms with E-state index in [0.717, 1.165) is 4.47 Å². The number of pyridine rings is 1. The number of carbonyl (C=O) groups is 1. The number of hydrogen-bond donors (Lipinski definition) is 1. The molecule has 0 amide bonds. The van der Waals surface area contributed by atoms with E-state index in [4.69, 9.17) is 0 Å². The molecule has 0 aliphatic heterocycles. The molecule has 0 saturated carbocycles. The molecule has 1 N–H and O–H groups in total. The average molecular weight is 443 g/mol. The van der Waals surface area contributed by atoms with Crippen molar-refractivity contribution in [3.8, 4) is 0 Å². The van der Waals surface area contributed by atoms with E-state index in [1.54, 1.807) is 36.7 Å². The minimum absolute atomic E-state index is 0.159. The second-order valence-electron chi connectivity index (χ2n) is 6.35. The van der Waals surface area contributed by atoms with Gasteiger partial charge in [0, 0.05) is 28.0 Å². The summed E-state index contributed by atoms with van der Waals surface area (Å²) in [6.07, 6.45) is 3.15. The summed E-state index contributed by atoms with van der Waals surface area (Å²) in [4.78, 5) is 17.5. The maximum absolute atomic E-state index is 12.9. The quantitative estimate of drug-likeness (QED) is 0.524. The summed E-state index contributed by atoms with van der Waals surface area (Å²) in [5.41, 5.74) is 2.68. The highest BCUT2D eigenvalue weighted by Gasteiger charge is 2.16. The van der Waals surface area contributed by atoms with Crippen LogP contribution in [-0.4, -0.2) is 15.0 Å². The lowest BCUT2D eigenvalue weighted by molar-refractivity contribution is 0.103. The molecule has 0 aliphatic rings. The normalized spacial score (nSPS) is 12.0. The van der Waals surface area contributed by atoms with Crippen molar-refractivity contribution < 1.29 is 9.00 Å². The molecule has 0 saturated heterocycles. The van der Waals surface area contributed by atoms with E-state index in [0.29, 0.717) is 27.6 Å². The molecule has 27 heavy (non-hydrogen) atoms. The Balaban J connectivity index is 1.88. The van der Waals surface area contributed by atoms with E-state index < -0.39 is 11.0 Å². The van der Waals surface area contributed by atoms with Gasteiger partial charge in [-0.15, -0.1) is 0 Å². The number of halogens is 1. The van der Waals surface area contributed by atoms with Crippen LogP contribution in [0, 0.1) is 0 Å². The minimum Gasteiger partial charge on any atom is -0.300 e. The first-order valence-corrected chi connectivity index (χ1v) is 10.4. The number of aromatic nitrogens is 1. The Morgan fingerprint density at radius 2 is 1.70 bits per heavy atom. The maximum atomic E-state index is 12.9. The maximum Gasteiger partial charge on any atom is 0.195 e. The molecule has 0 spiro atoms. The molecule has 1 atom stereocenters. The third kappa shape index (κ3) is 4.70.